The van der Waals surface area contributed by atoms with Crippen molar-refractivity contribution in [2.45, 2.75) is 45.2 Å². The van der Waals surface area contributed by atoms with Gasteiger partial charge >= 0.3 is 0 Å². The minimum Gasteiger partial charge on any atom is -0.315 e. The van der Waals surface area contributed by atoms with Crippen LogP contribution in [0.1, 0.15) is 44.7 Å². The van der Waals surface area contributed by atoms with Crippen molar-refractivity contribution in [1.82, 2.24) is 10.2 Å². The molecule has 1 fully saturated rings. The summed E-state index contributed by atoms with van der Waals surface area (Å²) in [6.07, 6.45) is 3.84. The summed E-state index contributed by atoms with van der Waals surface area (Å²) in [5.74, 6) is 0. The van der Waals surface area contributed by atoms with Gasteiger partial charge in [-0.1, -0.05) is 44.2 Å². The normalized spacial score (nSPS) is 22.1. The molecule has 2 rings (SSSR count). The Morgan fingerprint density at radius 2 is 2.06 bits per heavy atom. The second kappa shape index (κ2) is 6.91. The van der Waals surface area contributed by atoms with Crippen molar-refractivity contribution in [3.05, 3.63) is 35.9 Å². The van der Waals surface area contributed by atoms with Crippen molar-refractivity contribution < 1.29 is 0 Å². The number of piperidine rings is 1. The van der Waals surface area contributed by atoms with Crippen LogP contribution in [-0.2, 0) is 0 Å². The van der Waals surface area contributed by atoms with E-state index in [1.54, 1.807) is 0 Å². The number of likely N-dealkylation sites (N-methyl/N-ethyl adjacent to an activating group) is 1. The average molecular weight is 246 g/mol. The Morgan fingerprint density at radius 1 is 1.28 bits per heavy atom. The number of benzene rings is 1. The molecule has 0 amide bonds. The molecule has 1 aliphatic heterocycles. The number of nitrogens with one attached hydrogen (secondary N) is 1. The van der Waals surface area contributed by atoms with Gasteiger partial charge in [0, 0.05) is 18.6 Å². The number of rotatable bonds is 5. The maximum Gasteiger partial charge on any atom is 0.0348 e. The predicted octanol–water partition coefficient (Wildman–Crippen LogP) is 3.21. The van der Waals surface area contributed by atoms with Crippen molar-refractivity contribution >= 4 is 0 Å². The molecule has 2 unspecified atom stereocenters. The van der Waals surface area contributed by atoms with Gasteiger partial charge in [-0.2, -0.15) is 0 Å². The fourth-order valence-corrected chi connectivity index (χ4v) is 3.19. The topological polar surface area (TPSA) is 15.3 Å². The lowest BCUT2D eigenvalue weighted by Gasteiger charge is -2.39. The molecule has 2 heteroatoms. The van der Waals surface area contributed by atoms with E-state index in [0.717, 1.165) is 13.1 Å². The first kappa shape index (κ1) is 13.6. The SMILES string of the molecule is CCC(c1ccccc1)N(CC)C1CCCNC1. The Kier molecular flexibility index (Phi) is 5.21. The highest BCUT2D eigenvalue weighted by atomic mass is 15.2. The number of nitrogens with zero attached hydrogens (tertiary/aromatic N) is 1. The summed E-state index contributed by atoms with van der Waals surface area (Å²) >= 11 is 0. The van der Waals surface area contributed by atoms with Crippen molar-refractivity contribution in [3.63, 3.8) is 0 Å². The third-order valence-electron chi connectivity index (χ3n) is 4.08. The van der Waals surface area contributed by atoms with Crippen LogP contribution >= 0.6 is 0 Å². The number of hydrogen-bond acceptors (Lipinski definition) is 2. The molecule has 18 heavy (non-hydrogen) atoms. The van der Waals surface area contributed by atoms with Crippen LogP contribution in [0.2, 0.25) is 0 Å². The summed E-state index contributed by atoms with van der Waals surface area (Å²) in [5.41, 5.74) is 1.47. The summed E-state index contributed by atoms with van der Waals surface area (Å²) in [6, 6.07) is 12.2. The largest absolute Gasteiger partial charge is 0.315 e. The average Bonchev–Trinajstić information content (AvgIpc) is 2.46. The molecule has 1 aliphatic rings. The molecule has 0 aromatic heterocycles. The monoisotopic (exact) mass is 246 g/mol. The molecule has 100 valence electrons. The van der Waals surface area contributed by atoms with Crippen molar-refractivity contribution in [2.24, 2.45) is 0 Å². The Labute approximate surface area is 111 Å². The summed E-state index contributed by atoms with van der Waals surface area (Å²) in [7, 11) is 0. The van der Waals surface area contributed by atoms with E-state index in [2.05, 4.69) is 54.4 Å². The third-order valence-corrected chi connectivity index (χ3v) is 4.08. The highest BCUT2D eigenvalue weighted by molar-refractivity contribution is 5.19. The van der Waals surface area contributed by atoms with Crippen molar-refractivity contribution in [3.8, 4) is 0 Å². The first-order chi connectivity index (χ1) is 8.86. The fourth-order valence-electron chi connectivity index (χ4n) is 3.19. The molecule has 0 aliphatic carbocycles. The molecule has 1 saturated heterocycles. The van der Waals surface area contributed by atoms with Crippen LogP contribution in [0.15, 0.2) is 30.3 Å². The van der Waals surface area contributed by atoms with E-state index in [0.29, 0.717) is 12.1 Å². The zero-order chi connectivity index (χ0) is 12.8. The lowest BCUT2D eigenvalue weighted by molar-refractivity contribution is 0.115. The van der Waals surface area contributed by atoms with Crippen LogP contribution in [0.4, 0.5) is 0 Å². The summed E-state index contributed by atoms with van der Waals surface area (Å²) in [5, 5.41) is 3.54. The van der Waals surface area contributed by atoms with Gasteiger partial charge in [0.2, 0.25) is 0 Å². The fraction of sp³-hybridized carbons (Fsp3) is 0.625. The highest BCUT2D eigenvalue weighted by Gasteiger charge is 2.26. The number of hydrogen-bond donors (Lipinski definition) is 1. The smallest absolute Gasteiger partial charge is 0.0348 e. The first-order valence-electron chi connectivity index (χ1n) is 7.38. The van der Waals surface area contributed by atoms with Crippen LogP contribution in [0.5, 0.6) is 0 Å². The molecule has 2 atom stereocenters. The Morgan fingerprint density at radius 3 is 2.61 bits per heavy atom. The zero-order valence-electron chi connectivity index (χ0n) is 11.7. The van der Waals surface area contributed by atoms with Crippen LogP contribution in [0.25, 0.3) is 0 Å². The zero-order valence-corrected chi connectivity index (χ0v) is 11.7. The molecular formula is C16H26N2. The van der Waals surface area contributed by atoms with Gasteiger partial charge in [-0.3, -0.25) is 4.90 Å². The molecule has 1 N–H and O–H groups in total. The lowest BCUT2D eigenvalue weighted by atomic mass is 9.97. The van der Waals surface area contributed by atoms with E-state index >= 15 is 0 Å². The molecule has 0 bridgehead atoms. The Balaban J connectivity index is 2.13. The maximum absolute atomic E-state index is 3.54. The Hall–Kier alpha value is -0.860. The van der Waals surface area contributed by atoms with Crippen LogP contribution in [-0.4, -0.2) is 30.6 Å². The van der Waals surface area contributed by atoms with Gasteiger partial charge in [-0.25, -0.2) is 0 Å². The molecular weight excluding hydrogens is 220 g/mol. The lowest BCUT2D eigenvalue weighted by Crippen LogP contribution is -2.47. The minimum absolute atomic E-state index is 0.570. The maximum atomic E-state index is 3.54. The van der Waals surface area contributed by atoms with Crippen LogP contribution in [0, 0.1) is 0 Å². The van der Waals surface area contributed by atoms with E-state index in [-0.39, 0.29) is 0 Å². The minimum atomic E-state index is 0.570. The van der Waals surface area contributed by atoms with Crippen LogP contribution < -0.4 is 5.32 Å². The first-order valence-corrected chi connectivity index (χ1v) is 7.38. The van der Waals surface area contributed by atoms with E-state index in [4.69, 9.17) is 0 Å². The van der Waals surface area contributed by atoms with E-state index < -0.39 is 0 Å². The van der Waals surface area contributed by atoms with E-state index in [1.165, 1.54) is 31.4 Å². The Bertz CT molecular complexity index is 330. The molecule has 0 radical (unpaired) electrons. The second-order valence-electron chi connectivity index (χ2n) is 5.17. The van der Waals surface area contributed by atoms with Gasteiger partial charge < -0.3 is 5.32 Å². The standard InChI is InChI=1S/C16H26N2/c1-3-16(14-9-6-5-7-10-14)18(4-2)15-11-8-12-17-13-15/h5-7,9-10,15-17H,3-4,8,11-13H2,1-2H3. The van der Waals surface area contributed by atoms with Crippen LogP contribution in [0.3, 0.4) is 0 Å². The molecule has 0 saturated carbocycles. The van der Waals surface area contributed by atoms with Gasteiger partial charge in [-0.05, 0) is 37.9 Å². The van der Waals surface area contributed by atoms with E-state index in [1.807, 2.05) is 0 Å². The highest BCUT2D eigenvalue weighted by Crippen LogP contribution is 2.27. The van der Waals surface area contributed by atoms with Gasteiger partial charge in [0.25, 0.3) is 0 Å². The quantitative estimate of drug-likeness (QED) is 0.858. The van der Waals surface area contributed by atoms with Gasteiger partial charge in [0.1, 0.15) is 0 Å². The van der Waals surface area contributed by atoms with Crippen molar-refractivity contribution in [1.29, 1.82) is 0 Å². The molecule has 0 spiro atoms. The summed E-state index contributed by atoms with van der Waals surface area (Å²) < 4.78 is 0. The molecule has 2 nitrogen and oxygen atoms in total. The summed E-state index contributed by atoms with van der Waals surface area (Å²) in [4.78, 5) is 2.68. The van der Waals surface area contributed by atoms with Gasteiger partial charge in [0.05, 0.1) is 0 Å². The van der Waals surface area contributed by atoms with E-state index in [9.17, 15) is 0 Å². The van der Waals surface area contributed by atoms with Crippen molar-refractivity contribution in [2.75, 3.05) is 19.6 Å². The van der Waals surface area contributed by atoms with Gasteiger partial charge in [0.15, 0.2) is 0 Å². The van der Waals surface area contributed by atoms with Gasteiger partial charge in [-0.15, -0.1) is 0 Å². The molecule has 1 aromatic carbocycles. The molecule has 1 aromatic rings. The summed E-state index contributed by atoms with van der Waals surface area (Å²) in [6.45, 7) is 8.07. The third kappa shape index (κ3) is 3.12. The molecule has 1 heterocycles. The second-order valence-corrected chi connectivity index (χ2v) is 5.17. The predicted molar refractivity (Wildman–Crippen MR) is 77.7 cm³/mol.